The molecule has 0 spiro atoms. The van der Waals surface area contributed by atoms with Crippen molar-refractivity contribution in [2.45, 2.75) is 33.2 Å². The van der Waals surface area contributed by atoms with Crippen molar-refractivity contribution < 1.29 is 9.18 Å². The zero-order valence-electron chi connectivity index (χ0n) is 12.3. The molecule has 1 aromatic carbocycles. The average molecular weight is 293 g/mol. The molecule has 114 valence electrons. The molecule has 0 aliphatic heterocycles. The van der Waals surface area contributed by atoms with E-state index in [0.717, 1.165) is 12.8 Å². The summed E-state index contributed by atoms with van der Waals surface area (Å²) >= 11 is 0. The van der Waals surface area contributed by atoms with Gasteiger partial charge in [0.1, 0.15) is 5.82 Å². The monoisotopic (exact) mass is 293 g/mol. The number of H-pyrrole nitrogens is 1. The van der Waals surface area contributed by atoms with E-state index in [4.69, 9.17) is 0 Å². The van der Waals surface area contributed by atoms with Gasteiger partial charge in [-0.15, -0.1) is 0 Å². The van der Waals surface area contributed by atoms with Crippen LogP contribution in [0.1, 0.15) is 26.7 Å². The molecule has 1 amide bonds. The lowest BCUT2D eigenvalue weighted by Gasteiger charge is -2.12. The highest BCUT2D eigenvalue weighted by Gasteiger charge is 2.13. The Kier molecular flexibility index (Phi) is 4.77. The van der Waals surface area contributed by atoms with Gasteiger partial charge in [0.05, 0.1) is 11.0 Å². The van der Waals surface area contributed by atoms with E-state index in [1.165, 1.54) is 16.7 Å². The Morgan fingerprint density at radius 3 is 2.76 bits per heavy atom. The Morgan fingerprint density at radius 2 is 2.10 bits per heavy atom. The summed E-state index contributed by atoms with van der Waals surface area (Å²) in [4.78, 5) is 26.3. The number of aromatic nitrogens is 2. The van der Waals surface area contributed by atoms with Gasteiger partial charge in [-0.25, -0.2) is 9.18 Å². The van der Waals surface area contributed by atoms with E-state index in [9.17, 15) is 14.0 Å². The van der Waals surface area contributed by atoms with Crippen molar-refractivity contribution in [2.24, 2.45) is 5.92 Å². The van der Waals surface area contributed by atoms with Crippen molar-refractivity contribution in [2.75, 3.05) is 6.54 Å². The second-order valence-electron chi connectivity index (χ2n) is 5.05. The van der Waals surface area contributed by atoms with E-state index in [2.05, 4.69) is 10.3 Å². The van der Waals surface area contributed by atoms with E-state index >= 15 is 0 Å². The van der Waals surface area contributed by atoms with Gasteiger partial charge < -0.3 is 10.3 Å². The van der Waals surface area contributed by atoms with Crippen LogP contribution < -0.4 is 11.0 Å². The van der Waals surface area contributed by atoms with Gasteiger partial charge in [0.2, 0.25) is 5.91 Å². The number of benzene rings is 1. The van der Waals surface area contributed by atoms with Crippen molar-refractivity contribution in [3.8, 4) is 0 Å². The summed E-state index contributed by atoms with van der Waals surface area (Å²) in [5.74, 6) is -0.365. The van der Waals surface area contributed by atoms with Crippen molar-refractivity contribution in [3.63, 3.8) is 0 Å². The molecule has 0 saturated heterocycles. The Balaban J connectivity index is 2.06. The van der Waals surface area contributed by atoms with Crippen LogP contribution in [0.4, 0.5) is 4.39 Å². The second kappa shape index (κ2) is 6.56. The molecule has 0 atom stereocenters. The number of imidazole rings is 1. The maximum Gasteiger partial charge on any atom is 0.326 e. The topological polar surface area (TPSA) is 66.9 Å². The normalized spacial score (nSPS) is 11.2. The first kappa shape index (κ1) is 15.3. The number of hydrogen-bond acceptors (Lipinski definition) is 2. The molecule has 0 aliphatic carbocycles. The zero-order chi connectivity index (χ0) is 15.4. The van der Waals surface area contributed by atoms with Gasteiger partial charge in [-0.1, -0.05) is 13.8 Å². The molecule has 1 heterocycles. The lowest BCUT2D eigenvalue weighted by atomic mass is 10.0. The number of fused-ring (bicyclic) bond motifs is 1. The lowest BCUT2D eigenvalue weighted by Crippen LogP contribution is -2.34. The minimum atomic E-state index is -0.391. The summed E-state index contributed by atoms with van der Waals surface area (Å²) in [6, 6.07) is 4.16. The molecule has 21 heavy (non-hydrogen) atoms. The van der Waals surface area contributed by atoms with Gasteiger partial charge in [-0.05, 0) is 31.0 Å². The van der Waals surface area contributed by atoms with Gasteiger partial charge in [-0.2, -0.15) is 0 Å². The van der Waals surface area contributed by atoms with Crippen LogP contribution >= 0.6 is 0 Å². The Hall–Kier alpha value is -2.11. The van der Waals surface area contributed by atoms with Crippen molar-refractivity contribution >= 4 is 16.9 Å². The van der Waals surface area contributed by atoms with Gasteiger partial charge in [0.15, 0.2) is 0 Å². The molecule has 0 radical (unpaired) electrons. The highest BCUT2D eigenvalue weighted by Crippen LogP contribution is 2.11. The largest absolute Gasteiger partial charge is 0.354 e. The van der Waals surface area contributed by atoms with E-state index in [0.29, 0.717) is 24.1 Å². The Morgan fingerprint density at radius 1 is 1.38 bits per heavy atom. The van der Waals surface area contributed by atoms with Gasteiger partial charge >= 0.3 is 5.69 Å². The summed E-state index contributed by atoms with van der Waals surface area (Å²) in [6.45, 7) is 4.69. The third-order valence-electron chi connectivity index (χ3n) is 3.73. The van der Waals surface area contributed by atoms with Crippen molar-refractivity contribution in [1.82, 2.24) is 14.9 Å². The summed E-state index contributed by atoms with van der Waals surface area (Å²) in [7, 11) is 0. The molecule has 5 nitrogen and oxygen atoms in total. The predicted octanol–water partition coefficient (Wildman–Crippen LogP) is 2.02. The van der Waals surface area contributed by atoms with Gasteiger partial charge in [-0.3, -0.25) is 9.36 Å². The Labute approximate surface area is 122 Å². The molecule has 2 rings (SSSR count). The molecule has 0 saturated carbocycles. The van der Waals surface area contributed by atoms with Crippen LogP contribution in [0, 0.1) is 11.7 Å². The number of aromatic amines is 1. The van der Waals surface area contributed by atoms with Gasteiger partial charge in [0, 0.05) is 19.0 Å². The van der Waals surface area contributed by atoms with E-state index in [-0.39, 0.29) is 17.5 Å². The Bertz CT molecular complexity index is 686. The molecule has 0 aliphatic rings. The first-order valence-corrected chi connectivity index (χ1v) is 7.22. The van der Waals surface area contributed by atoms with Gasteiger partial charge in [0.25, 0.3) is 0 Å². The zero-order valence-corrected chi connectivity index (χ0v) is 12.3. The second-order valence-corrected chi connectivity index (χ2v) is 5.05. The average Bonchev–Trinajstić information content (AvgIpc) is 2.75. The lowest BCUT2D eigenvalue weighted by molar-refractivity contribution is -0.125. The molecule has 2 N–H and O–H groups in total. The summed E-state index contributed by atoms with van der Waals surface area (Å²) in [5, 5.41) is 2.84. The molecule has 0 fully saturated rings. The standard InChI is InChI=1S/C15H20FN3O2/c1-3-10(4-2)14(20)17-7-8-19-13-6-5-11(16)9-12(13)18-15(19)21/h5-6,9-10H,3-4,7-8H2,1-2H3,(H,17,20)(H,18,21). The summed E-state index contributed by atoms with van der Waals surface area (Å²) in [6.07, 6.45) is 1.60. The fourth-order valence-corrected chi connectivity index (χ4v) is 2.45. The highest BCUT2D eigenvalue weighted by molar-refractivity contribution is 5.78. The maximum absolute atomic E-state index is 13.1. The highest BCUT2D eigenvalue weighted by atomic mass is 19.1. The number of carbonyl (C=O) groups is 1. The van der Waals surface area contributed by atoms with Crippen LogP contribution in [-0.2, 0) is 11.3 Å². The predicted molar refractivity (Wildman–Crippen MR) is 79.6 cm³/mol. The fourth-order valence-electron chi connectivity index (χ4n) is 2.45. The molecular formula is C15H20FN3O2. The van der Waals surface area contributed by atoms with Crippen molar-refractivity contribution in [1.29, 1.82) is 0 Å². The molecular weight excluding hydrogens is 273 g/mol. The van der Waals surface area contributed by atoms with Crippen LogP contribution in [0.2, 0.25) is 0 Å². The number of rotatable bonds is 6. The molecule has 0 unspecified atom stereocenters. The molecule has 0 bridgehead atoms. The van der Waals surface area contributed by atoms with Crippen LogP contribution in [0.15, 0.2) is 23.0 Å². The molecule has 1 aromatic heterocycles. The van der Waals surface area contributed by atoms with Crippen molar-refractivity contribution in [3.05, 3.63) is 34.5 Å². The summed E-state index contributed by atoms with van der Waals surface area (Å²) < 4.78 is 14.6. The first-order valence-electron chi connectivity index (χ1n) is 7.22. The minimum absolute atomic E-state index is 0.0128. The van der Waals surface area contributed by atoms with Crippen LogP contribution in [0.3, 0.4) is 0 Å². The third-order valence-corrected chi connectivity index (χ3v) is 3.73. The first-order chi connectivity index (χ1) is 10.1. The van der Waals surface area contributed by atoms with E-state index in [1.807, 2.05) is 13.8 Å². The smallest absolute Gasteiger partial charge is 0.326 e. The third kappa shape index (κ3) is 3.32. The maximum atomic E-state index is 13.1. The number of amides is 1. The van der Waals surface area contributed by atoms with E-state index in [1.54, 1.807) is 6.07 Å². The molecule has 6 heteroatoms. The quantitative estimate of drug-likeness (QED) is 0.855. The summed E-state index contributed by atoms with van der Waals surface area (Å²) in [5.41, 5.74) is 0.803. The van der Waals surface area contributed by atoms with Crippen LogP contribution in [0.25, 0.3) is 11.0 Å². The fraction of sp³-hybridized carbons (Fsp3) is 0.467. The number of nitrogens with one attached hydrogen (secondary N) is 2. The molecule has 2 aromatic rings. The number of hydrogen-bond donors (Lipinski definition) is 2. The van der Waals surface area contributed by atoms with Crippen LogP contribution in [-0.4, -0.2) is 22.0 Å². The number of nitrogens with zero attached hydrogens (tertiary/aromatic N) is 1. The van der Waals surface area contributed by atoms with E-state index < -0.39 is 5.82 Å². The van der Waals surface area contributed by atoms with Crippen LogP contribution in [0.5, 0.6) is 0 Å². The minimum Gasteiger partial charge on any atom is -0.354 e. The number of halogens is 1. The number of carbonyl (C=O) groups excluding carboxylic acids is 1. The SMILES string of the molecule is CCC(CC)C(=O)NCCn1c(=O)[nH]c2cc(F)ccc21.